The van der Waals surface area contributed by atoms with Gasteiger partial charge in [0.25, 0.3) is 0 Å². The van der Waals surface area contributed by atoms with Crippen molar-refractivity contribution in [1.82, 2.24) is 10.6 Å². The minimum absolute atomic E-state index is 0.199. The summed E-state index contributed by atoms with van der Waals surface area (Å²) in [6, 6.07) is -0.199. The molecule has 4 nitrogen and oxygen atoms in total. The van der Waals surface area contributed by atoms with E-state index in [-0.39, 0.29) is 11.5 Å². The van der Waals surface area contributed by atoms with Crippen LogP contribution in [0.4, 0.5) is 4.79 Å². The highest BCUT2D eigenvalue weighted by molar-refractivity contribution is 8.05. The molecule has 0 bridgehead atoms. The molecule has 0 fully saturated rings. The molecule has 1 aliphatic heterocycles. The van der Waals surface area contributed by atoms with E-state index in [2.05, 4.69) is 15.6 Å². The van der Waals surface area contributed by atoms with Crippen LogP contribution in [0.25, 0.3) is 0 Å². The van der Waals surface area contributed by atoms with E-state index in [9.17, 15) is 4.79 Å². The Balaban J connectivity index is 2.00. The van der Waals surface area contributed by atoms with Gasteiger partial charge < -0.3 is 10.6 Å². The normalized spacial score (nSPS) is 22.3. The van der Waals surface area contributed by atoms with Crippen molar-refractivity contribution >= 4 is 40.6 Å². The summed E-state index contributed by atoms with van der Waals surface area (Å²) in [5, 5.41) is 5.43. The fourth-order valence-corrected chi connectivity index (χ4v) is 2.62. The number of hydrogen-bond acceptors (Lipinski definition) is 4. The number of aliphatic imine (C=N–C) groups is 1. The quantitative estimate of drug-likeness (QED) is 0.735. The van der Waals surface area contributed by atoms with Crippen LogP contribution in [0.3, 0.4) is 0 Å². The molecule has 1 heterocycles. The van der Waals surface area contributed by atoms with Gasteiger partial charge in [-0.1, -0.05) is 24.0 Å². The summed E-state index contributed by atoms with van der Waals surface area (Å²) in [6.45, 7) is 2.48. The van der Waals surface area contributed by atoms with E-state index in [1.807, 2.05) is 25.2 Å². The van der Waals surface area contributed by atoms with Crippen LogP contribution < -0.4 is 10.6 Å². The van der Waals surface area contributed by atoms with Gasteiger partial charge in [-0.05, 0) is 25.2 Å². The fraction of sp³-hybridized carbons (Fsp3) is 0.300. The van der Waals surface area contributed by atoms with Crippen molar-refractivity contribution in [3.05, 3.63) is 23.1 Å². The summed E-state index contributed by atoms with van der Waals surface area (Å²) in [5.74, 6) is 0. The molecule has 1 aliphatic carbocycles. The van der Waals surface area contributed by atoms with Crippen molar-refractivity contribution in [2.45, 2.75) is 12.4 Å². The number of allylic oxidation sites excluding steroid dienone is 4. The summed E-state index contributed by atoms with van der Waals surface area (Å²) in [6.07, 6.45) is 5.62. The monoisotopic (exact) mass is 253 g/mol. The maximum Gasteiger partial charge on any atom is 0.317 e. The van der Waals surface area contributed by atoms with Gasteiger partial charge in [-0.25, -0.2) is 9.79 Å². The molecule has 1 atom stereocenters. The van der Waals surface area contributed by atoms with Crippen molar-refractivity contribution in [2.24, 2.45) is 4.99 Å². The number of urea groups is 1. The zero-order valence-electron chi connectivity index (χ0n) is 8.69. The predicted molar refractivity (Wildman–Crippen MR) is 70.8 cm³/mol. The Morgan fingerprint density at radius 1 is 1.62 bits per heavy atom. The summed E-state index contributed by atoms with van der Waals surface area (Å²) in [5.41, 5.74) is 0.638. The van der Waals surface area contributed by atoms with Gasteiger partial charge in [0.05, 0.1) is 5.71 Å². The largest absolute Gasteiger partial charge is 0.338 e. The van der Waals surface area contributed by atoms with Crippen LogP contribution in [0, 0.1) is 0 Å². The van der Waals surface area contributed by atoms with Crippen LogP contribution in [0.1, 0.15) is 6.92 Å². The molecule has 0 aromatic heterocycles. The van der Waals surface area contributed by atoms with E-state index in [0.717, 1.165) is 15.5 Å². The highest BCUT2D eigenvalue weighted by atomic mass is 32.2. The molecule has 6 heteroatoms. The molecule has 84 valence electrons. The fourth-order valence-electron chi connectivity index (χ4n) is 1.35. The lowest BCUT2D eigenvalue weighted by molar-refractivity contribution is 0.241. The zero-order chi connectivity index (χ0) is 11.5. The summed E-state index contributed by atoms with van der Waals surface area (Å²) in [7, 11) is 0. The van der Waals surface area contributed by atoms with Crippen LogP contribution in [0.5, 0.6) is 0 Å². The van der Waals surface area contributed by atoms with Crippen molar-refractivity contribution < 1.29 is 4.79 Å². The van der Waals surface area contributed by atoms with E-state index in [1.54, 1.807) is 0 Å². The third kappa shape index (κ3) is 2.51. The number of rotatable bonds is 2. The third-order valence-corrected chi connectivity index (χ3v) is 3.30. The molecule has 16 heavy (non-hydrogen) atoms. The standard InChI is InChI=1S/C10H11N3OS2/c1-2-11-9(14)13-10-12-7-4-3-6(15)5-8(7)16-10/h3-5,10H,2H2,1H3,(H2,11,13,14). The first-order valence-electron chi connectivity index (χ1n) is 4.92. The SMILES string of the molecule is CCNC(=O)NC1N=C2C=CC(=S)C=C2S1. The summed E-state index contributed by atoms with van der Waals surface area (Å²) >= 11 is 6.57. The second kappa shape index (κ2) is 4.80. The van der Waals surface area contributed by atoms with Crippen molar-refractivity contribution in [3.8, 4) is 0 Å². The molecule has 0 spiro atoms. The minimum Gasteiger partial charge on any atom is -0.338 e. The number of thioether (sulfide) groups is 1. The molecule has 0 saturated carbocycles. The van der Waals surface area contributed by atoms with Crippen LogP contribution >= 0.6 is 24.0 Å². The molecule has 0 aromatic carbocycles. The first kappa shape index (κ1) is 11.3. The lowest BCUT2D eigenvalue weighted by Gasteiger charge is -2.09. The molecule has 1 unspecified atom stereocenters. The van der Waals surface area contributed by atoms with Gasteiger partial charge in [0.2, 0.25) is 0 Å². The first-order valence-corrected chi connectivity index (χ1v) is 6.21. The maximum atomic E-state index is 11.3. The number of fused-ring (bicyclic) bond motifs is 1. The second-order valence-electron chi connectivity index (χ2n) is 3.23. The smallest absolute Gasteiger partial charge is 0.317 e. The van der Waals surface area contributed by atoms with E-state index in [4.69, 9.17) is 12.2 Å². The number of carbonyl (C=O) groups excluding carboxylic acids is 1. The summed E-state index contributed by atoms with van der Waals surface area (Å²) < 4.78 is 0. The minimum atomic E-state index is -0.252. The lowest BCUT2D eigenvalue weighted by atomic mass is 10.2. The average Bonchev–Trinajstić information content (AvgIpc) is 2.59. The van der Waals surface area contributed by atoms with Crippen molar-refractivity contribution in [2.75, 3.05) is 6.54 Å². The molecule has 2 rings (SSSR count). The van der Waals surface area contributed by atoms with Gasteiger partial charge in [0.1, 0.15) is 0 Å². The third-order valence-electron chi connectivity index (χ3n) is 2.02. The van der Waals surface area contributed by atoms with E-state index in [1.165, 1.54) is 11.8 Å². The number of thiocarbonyl (C=S) groups is 1. The number of nitrogens with one attached hydrogen (secondary N) is 2. The average molecular weight is 253 g/mol. The van der Waals surface area contributed by atoms with Crippen molar-refractivity contribution in [1.29, 1.82) is 0 Å². The molecular formula is C10H11N3OS2. The zero-order valence-corrected chi connectivity index (χ0v) is 10.3. The van der Waals surface area contributed by atoms with E-state index in [0.29, 0.717) is 6.54 Å². The van der Waals surface area contributed by atoms with Gasteiger partial charge in [-0.15, -0.1) is 0 Å². The Hall–Kier alpha value is -1.14. The van der Waals surface area contributed by atoms with Crippen molar-refractivity contribution in [3.63, 3.8) is 0 Å². The topological polar surface area (TPSA) is 53.5 Å². The molecule has 2 N–H and O–H groups in total. The molecular weight excluding hydrogens is 242 g/mol. The molecule has 0 aromatic rings. The summed E-state index contributed by atoms with van der Waals surface area (Å²) in [4.78, 5) is 17.5. The van der Waals surface area contributed by atoms with Crippen LogP contribution in [-0.4, -0.2) is 28.6 Å². The number of nitrogens with zero attached hydrogens (tertiary/aromatic N) is 1. The Labute approximate surface area is 103 Å². The van der Waals surface area contributed by atoms with Crippen LogP contribution in [0.15, 0.2) is 28.1 Å². The Bertz CT molecular complexity index is 426. The number of hydrogen-bond donors (Lipinski definition) is 2. The highest BCUT2D eigenvalue weighted by Gasteiger charge is 2.24. The Morgan fingerprint density at radius 3 is 3.19 bits per heavy atom. The second-order valence-corrected chi connectivity index (χ2v) is 4.83. The molecule has 0 saturated heterocycles. The lowest BCUT2D eigenvalue weighted by Crippen LogP contribution is -2.39. The van der Waals surface area contributed by atoms with E-state index < -0.39 is 0 Å². The molecule has 2 amide bonds. The van der Waals surface area contributed by atoms with Gasteiger partial charge >= 0.3 is 6.03 Å². The van der Waals surface area contributed by atoms with Gasteiger partial charge in [-0.2, -0.15) is 0 Å². The van der Waals surface area contributed by atoms with Crippen LogP contribution in [0.2, 0.25) is 0 Å². The first-order chi connectivity index (χ1) is 7.69. The number of amides is 2. The Morgan fingerprint density at radius 2 is 2.44 bits per heavy atom. The Kier molecular flexibility index (Phi) is 3.40. The molecule has 2 aliphatic rings. The number of carbonyl (C=O) groups is 1. The molecule has 0 radical (unpaired) electrons. The highest BCUT2D eigenvalue weighted by Crippen LogP contribution is 2.32. The van der Waals surface area contributed by atoms with Gasteiger partial charge in [-0.3, -0.25) is 0 Å². The van der Waals surface area contributed by atoms with Gasteiger partial charge in [0.15, 0.2) is 5.50 Å². The van der Waals surface area contributed by atoms with Gasteiger partial charge in [0, 0.05) is 16.3 Å². The maximum absolute atomic E-state index is 11.3. The predicted octanol–water partition coefficient (Wildman–Crippen LogP) is 1.60. The van der Waals surface area contributed by atoms with E-state index >= 15 is 0 Å². The van der Waals surface area contributed by atoms with Crippen LogP contribution in [-0.2, 0) is 0 Å².